The van der Waals surface area contributed by atoms with E-state index in [0.717, 1.165) is 11.5 Å². The van der Waals surface area contributed by atoms with Crippen LogP contribution in [0.4, 0.5) is 5.69 Å². The van der Waals surface area contributed by atoms with Gasteiger partial charge < -0.3 is 19.2 Å². The van der Waals surface area contributed by atoms with Crippen LogP contribution in [0, 0.1) is 0 Å². The van der Waals surface area contributed by atoms with Crippen molar-refractivity contribution in [2.24, 2.45) is 0 Å². The van der Waals surface area contributed by atoms with Crippen molar-refractivity contribution in [3.63, 3.8) is 0 Å². The van der Waals surface area contributed by atoms with Crippen LogP contribution < -0.4 is 14.8 Å². The lowest BCUT2D eigenvalue weighted by atomic mass is 10.2. The van der Waals surface area contributed by atoms with Gasteiger partial charge in [-0.25, -0.2) is 0 Å². The Bertz CT molecular complexity index is 841. The lowest BCUT2D eigenvalue weighted by Crippen LogP contribution is -2.33. The Morgan fingerprint density at radius 2 is 2.12 bits per heavy atom. The molecule has 4 rings (SSSR count). The van der Waals surface area contributed by atoms with Crippen molar-refractivity contribution in [2.75, 3.05) is 11.9 Å². The largest absolute Gasteiger partial charge is 0.486 e. The minimum absolute atomic E-state index is 0.145. The van der Waals surface area contributed by atoms with Gasteiger partial charge in [-0.1, -0.05) is 12.1 Å². The van der Waals surface area contributed by atoms with Crippen molar-refractivity contribution in [3.8, 4) is 11.5 Å². The molecule has 1 amide bonds. The average molecular weight is 325 g/mol. The predicted octanol–water partition coefficient (Wildman–Crippen LogP) is 2.57. The molecule has 0 bridgehead atoms. The van der Waals surface area contributed by atoms with Gasteiger partial charge in [0.1, 0.15) is 6.61 Å². The number of carbonyl (C=O) groups is 1. The minimum Gasteiger partial charge on any atom is -0.486 e. The molecule has 0 saturated heterocycles. The molecule has 0 unspecified atom stereocenters. The van der Waals surface area contributed by atoms with Crippen molar-refractivity contribution in [1.82, 2.24) is 9.78 Å². The number of ether oxygens (including phenoxy) is 2. The third-order valence-electron chi connectivity index (χ3n) is 3.59. The predicted molar refractivity (Wildman–Crippen MR) is 85.2 cm³/mol. The Balaban J connectivity index is 1.38. The summed E-state index contributed by atoms with van der Waals surface area (Å²) in [6.07, 6.45) is 4.63. The highest BCUT2D eigenvalue weighted by Crippen LogP contribution is 2.31. The highest BCUT2D eigenvalue weighted by molar-refractivity contribution is 6.02. The van der Waals surface area contributed by atoms with E-state index in [4.69, 9.17) is 13.9 Å². The maximum absolute atomic E-state index is 11.9. The van der Waals surface area contributed by atoms with Crippen LogP contribution in [0.3, 0.4) is 0 Å². The van der Waals surface area contributed by atoms with E-state index in [9.17, 15) is 4.79 Å². The summed E-state index contributed by atoms with van der Waals surface area (Å²) < 4.78 is 18.3. The number of amides is 1. The summed E-state index contributed by atoms with van der Waals surface area (Å²) in [4.78, 5) is 11.9. The van der Waals surface area contributed by atoms with E-state index in [0.29, 0.717) is 18.8 Å². The molecule has 3 heterocycles. The number of nitrogens with one attached hydrogen (secondary N) is 1. The second-order valence-electron chi connectivity index (χ2n) is 5.38. The van der Waals surface area contributed by atoms with Gasteiger partial charge >= 0.3 is 0 Å². The highest BCUT2D eigenvalue weighted by Gasteiger charge is 2.21. The second-order valence-corrected chi connectivity index (χ2v) is 5.38. The number of benzene rings is 1. The number of para-hydroxylation sites is 2. The molecule has 1 aromatic carbocycles. The minimum atomic E-state index is -0.314. The van der Waals surface area contributed by atoms with Crippen LogP contribution in [0.2, 0.25) is 0 Å². The first-order valence-corrected chi connectivity index (χ1v) is 7.54. The quantitative estimate of drug-likeness (QED) is 0.797. The topological polar surface area (TPSA) is 78.5 Å². The van der Waals surface area contributed by atoms with Crippen LogP contribution in [-0.2, 0) is 6.54 Å². The monoisotopic (exact) mass is 325 g/mol. The van der Waals surface area contributed by atoms with Crippen molar-refractivity contribution >= 4 is 11.6 Å². The fourth-order valence-corrected chi connectivity index (χ4v) is 2.49. The summed E-state index contributed by atoms with van der Waals surface area (Å²) in [5.41, 5.74) is 0.591. The summed E-state index contributed by atoms with van der Waals surface area (Å²) in [5, 5.41) is 6.97. The van der Waals surface area contributed by atoms with Crippen LogP contribution in [0.25, 0.3) is 0 Å². The van der Waals surface area contributed by atoms with Gasteiger partial charge in [0.15, 0.2) is 23.4 Å². The normalized spacial score (nSPS) is 15.9. The molecule has 1 atom stereocenters. The molecule has 2 aromatic heterocycles. The maximum atomic E-state index is 11.9. The van der Waals surface area contributed by atoms with E-state index < -0.39 is 0 Å². The van der Waals surface area contributed by atoms with Crippen molar-refractivity contribution in [2.45, 2.75) is 12.6 Å². The van der Waals surface area contributed by atoms with Crippen LogP contribution in [0.1, 0.15) is 10.6 Å². The number of hydrogen-bond donors (Lipinski definition) is 1. The lowest BCUT2D eigenvalue weighted by molar-refractivity contribution is 0.0759. The molecular weight excluding hydrogens is 310 g/mol. The third kappa shape index (κ3) is 2.96. The summed E-state index contributed by atoms with van der Waals surface area (Å²) in [6.45, 7) is 0.968. The molecule has 122 valence electrons. The Morgan fingerprint density at radius 1 is 1.25 bits per heavy atom. The molecule has 3 aromatic rings. The van der Waals surface area contributed by atoms with E-state index in [1.807, 2.05) is 24.3 Å². The SMILES string of the molecule is O=C(Nc1cnn(C[C@H]2COc3ccccc3O2)c1)c1ccco1. The fraction of sp³-hybridized carbons (Fsp3) is 0.176. The Labute approximate surface area is 137 Å². The summed E-state index contributed by atoms with van der Waals surface area (Å²) >= 11 is 0. The molecule has 0 spiro atoms. The summed E-state index contributed by atoms with van der Waals surface area (Å²) in [6, 6.07) is 10.8. The number of rotatable bonds is 4. The van der Waals surface area contributed by atoms with Gasteiger partial charge in [-0.2, -0.15) is 5.10 Å². The molecule has 1 aliphatic heterocycles. The third-order valence-corrected chi connectivity index (χ3v) is 3.59. The van der Waals surface area contributed by atoms with Crippen LogP contribution in [-0.4, -0.2) is 28.4 Å². The Hall–Kier alpha value is -3.22. The van der Waals surface area contributed by atoms with Crippen molar-refractivity contribution in [1.29, 1.82) is 0 Å². The fourth-order valence-electron chi connectivity index (χ4n) is 2.49. The first-order chi connectivity index (χ1) is 11.8. The molecule has 0 saturated carbocycles. The van der Waals surface area contributed by atoms with E-state index in [1.165, 1.54) is 6.26 Å². The van der Waals surface area contributed by atoms with E-state index >= 15 is 0 Å². The maximum Gasteiger partial charge on any atom is 0.291 e. The zero-order chi connectivity index (χ0) is 16.4. The van der Waals surface area contributed by atoms with Crippen LogP contribution >= 0.6 is 0 Å². The van der Waals surface area contributed by atoms with E-state index in [2.05, 4.69) is 10.4 Å². The molecule has 24 heavy (non-hydrogen) atoms. The average Bonchev–Trinajstić information content (AvgIpc) is 3.27. The Morgan fingerprint density at radius 3 is 2.96 bits per heavy atom. The van der Waals surface area contributed by atoms with E-state index in [-0.39, 0.29) is 17.8 Å². The first-order valence-electron chi connectivity index (χ1n) is 7.54. The molecule has 1 aliphatic rings. The number of hydrogen-bond acceptors (Lipinski definition) is 5. The molecule has 0 radical (unpaired) electrons. The zero-order valence-corrected chi connectivity index (χ0v) is 12.7. The van der Waals surface area contributed by atoms with Crippen LogP contribution in [0.5, 0.6) is 11.5 Å². The van der Waals surface area contributed by atoms with Gasteiger partial charge in [0, 0.05) is 6.20 Å². The molecule has 7 nitrogen and oxygen atoms in total. The summed E-state index contributed by atoms with van der Waals surface area (Å²) in [7, 11) is 0. The molecule has 1 N–H and O–H groups in total. The first kappa shape index (κ1) is 14.4. The highest BCUT2D eigenvalue weighted by atomic mass is 16.6. The van der Waals surface area contributed by atoms with Gasteiger partial charge in [-0.3, -0.25) is 9.48 Å². The standard InChI is InChI=1S/C17H15N3O4/c21-17(16-6-3-7-22-16)19-12-8-18-20(9-12)10-13-11-23-14-4-1-2-5-15(14)24-13/h1-9,13H,10-11H2,(H,19,21)/t13-/m0/s1. The van der Waals surface area contributed by atoms with Crippen molar-refractivity contribution in [3.05, 3.63) is 60.8 Å². The van der Waals surface area contributed by atoms with E-state index in [1.54, 1.807) is 29.2 Å². The van der Waals surface area contributed by atoms with Crippen molar-refractivity contribution < 1.29 is 18.7 Å². The molecule has 0 fully saturated rings. The number of furan rings is 1. The van der Waals surface area contributed by atoms with Gasteiger partial charge in [0.05, 0.1) is 24.7 Å². The van der Waals surface area contributed by atoms with Gasteiger partial charge in [0.2, 0.25) is 0 Å². The number of aromatic nitrogens is 2. The molecular formula is C17H15N3O4. The number of carbonyl (C=O) groups excluding carboxylic acids is 1. The summed E-state index contributed by atoms with van der Waals surface area (Å²) in [5.74, 6) is 1.42. The van der Waals surface area contributed by atoms with Gasteiger partial charge in [-0.15, -0.1) is 0 Å². The van der Waals surface area contributed by atoms with Gasteiger partial charge in [-0.05, 0) is 24.3 Å². The van der Waals surface area contributed by atoms with Crippen LogP contribution in [0.15, 0.2) is 59.5 Å². The Kier molecular flexibility index (Phi) is 3.66. The van der Waals surface area contributed by atoms with Gasteiger partial charge in [0.25, 0.3) is 5.91 Å². The number of fused-ring (bicyclic) bond motifs is 1. The zero-order valence-electron chi connectivity index (χ0n) is 12.7. The second kappa shape index (κ2) is 6.11. The molecule has 7 heteroatoms. The smallest absolute Gasteiger partial charge is 0.291 e. The number of anilines is 1. The molecule has 0 aliphatic carbocycles. The lowest BCUT2D eigenvalue weighted by Gasteiger charge is -2.26. The number of nitrogens with zero attached hydrogens (tertiary/aromatic N) is 2.